The van der Waals surface area contributed by atoms with Crippen molar-refractivity contribution in [2.45, 2.75) is 6.42 Å². The molecule has 0 spiro atoms. The van der Waals surface area contributed by atoms with Crippen LogP contribution in [0.25, 0.3) is 0 Å². The second-order valence-electron chi connectivity index (χ2n) is 7.14. The predicted molar refractivity (Wildman–Crippen MR) is 121 cm³/mol. The van der Waals surface area contributed by atoms with E-state index in [0.717, 1.165) is 24.2 Å². The van der Waals surface area contributed by atoms with E-state index in [1.165, 1.54) is 29.8 Å². The molecule has 1 aromatic heterocycles. The summed E-state index contributed by atoms with van der Waals surface area (Å²) < 4.78 is 8.15. The Bertz CT molecular complexity index is 1050. The zero-order valence-corrected chi connectivity index (χ0v) is 18.9. The first-order valence-corrected chi connectivity index (χ1v) is 9.97. The van der Waals surface area contributed by atoms with E-state index in [1.807, 2.05) is 4.90 Å². The number of nitro benzene ring substituents is 1. The molecule has 0 bridgehead atoms. The molecule has 170 valence electrons. The summed E-state index contributed by atoms with van der Waals surface area (Å²) in [5, 5.41) is 11.4. The molecule has 0 aliphatic carbocycles. The number of nitro groups is 1. The highest BCUT2D eigenvalue weighted by Crippen LogP contribution is 2.29. The summed E-state index contributed by atoms with van der Waals surface area (Å²) in [6.45, 7) is 4.10. The van der Waals surface area contributed by atoms with Crippen molar-refractivity contribution in [3.63, 3.8) is 0 Å². The van der Waals surface area contributed by atoms with Crippen LogP contribution in [0.4, 0.5) is 11.5 Å². The van der Waals surface area contributed by atoms with Crippen LogP contribution in [-0.2, 0) is 14.1 Å². The third-order valence-corrected chi connectivity index (χ3v) is 5.43. The Morgan fingerprint density at radius 2 is 1.77 bits per heavy atom. The fourth-order valence-electron chi connectivity index (χ4n) is 3.45. The van der Waals surface area contributed by atoms with Crippen molar-refractivity contribution in [3.05, 3.63) is 60.2 Å². The van der Waals surface area contributed by atoms with Crippen molar-refractivity contribution in [2.75, 3.05) is 44.2 Å². The molecule has 0 saturated carbocycles. The number of rotatable bonds is 7. The Hall–Kier alpha value is -2.56. The number of hydrogen-bond acceptors (Lipinski definition) is 7. The number of ether oxygens (including phenoxy) is 1. The van der Waals surface area contributed by atoms with E-state index in [9.17, 15) is 19.7 Å². The molecule has 2 heterocycles. The van der Waals surface area contributed by atoms with Crippen LogP contribution in [0.1, 0.15) is 6.42 Å². The lowest BCUT2D eigenvalue weighted by Crippen LogP contribution is -2.49. The second kappa shape index (κ2) is 10.7. The summed E-state index contributed by atoms with van der Waals surface area (Å²) >= 11 is 5.81. The molecule has 0 atom stereocenters. The number of piperazine rings is 1. The van der Waals surface area contributed by atoms with Crippen LogP contribution < -0.4 is 20.9 Å². The molecule has 3 rings (SSSR count). The number of halogens is 2. The van der Waals surface area contributed by atoms with Gasteiger partial charge in [-0.25, -0.2) is 4.79 Å². The molecule has 1 fully saturated rings. The van der Waals surface area contributed by atoms with E-state index in [4.69, 9.17) is 16.3 Å². The summed E-state index contributed by atoms with van der Waals surface area (Å²) in [6.07, 6.45) is 0.712. The summed E-state index contributed by atoms with van der Waals surface area (Å²) in [4.78, 5) is 38.9. The van der Waals surface area contributed by atoms with Gasteiger partial charge in [0.25, 0.3) is 5.56 Å². The Kier molecular flexibility index (Phi) is 8.49. The first-order chi connectivity index (χ1) is 14.3. The number of nitrogens with zero attached hydrogens (tertiary/aromatic N) is 5. The van der Waals surface area contributed by atoms with Gasteiger partial charge in [0.1, 0.15) is 5.82 Å². The Balaban J connectivity index is 0.00000341. The summed E-state index contributed by atoms with van der Waals surface area (Å²) in [5.41, 5.74) is -0.798. The van der Waals surface area contributed by atoms with E-state index in [0.29, 0.717) is 37.0 Å². The van der Waals surface area contributed by atoms with Crippen molar-refractivity contribution >= 4 is 35.5 Å². The third-order valence-electron chi connectivity index (χ3n) is 5.19. The Morgan fingerprint density at radius 1 is 1.10 bits per heavy atom. The minimum Gasteiger partial charge on any atom is -0.487 e. The van der Waals surface area contributed by atoms with Gasteiger partial charge in [0.2, 0.25) is 0 Å². The van der Waals surface area contributed by atoms with Crippen LogP contribution in [0.15, 0.2) is 33.9 Å². The first-order valence-electron chi connectivity index (χ1n) is 9.59. The van der Waals surface area contributed by atoms with Crippen LogP contribution in [0.3, 0.4) is 0 Å². The average Bonchev–Trinajstić information content (AvgIpc) is 2.73. The van der Waals surface area contributed by atoms with Gasteiger partial charge in [0.05, 0.1) is 11.5 Å². The van der Waals surface area contributed by atoms with Gasteiger partial charge in [-0.15, -0.1) is 12.4 Å². The predicted octanol–water partition coefficient (Wildman–Crippen LogP) is 1.66. The van der Waals surface area contributed by atoms with Crippen molar-refractivity contribution < 1.29 is 9.66 Å². The van der Waals surface area contributed by atoms with E-state index < -0.39 is 4.92 Å². The van der Waals surface area contributed by atoms with Crippen molar-refractivity contribution in [2.24, 2.45) is 14.1 Å². The maximum absolute atomic E-state index is 12.1. The van der Waals surface area contributed by atoms with Gasteiger partial charge in [-0.05, 0) is 18.6 Å². The highest BCUT2D eigenvalue weighted by molar-refractivity contribution is 6.30. The number of aromatic nitrogens is 2. The minimum atomic E-state index is -0.509. The fourth-order valence-corrected chi connectivity index (χ4v) is 3.62. The van der Waals surface area contributed by atoms with Gasteiger partial charge in [-0.2, -0.15) is 0 Å². The van der Waals surface area contributed by atoms with Gasteiger partial charge < -0.3 is 9.64 Å². The van der Waals surface area contributed by atoms with Crippen LogP contribution in [0.2, 0.25) is 5.02 Å². The van der Waals surface area contributed by atoms with Crippen molar-refractivity contribution in [1.82, 2.24) is 14.0 Å². The SMILES string of the molecule is Cl.Cn1c(N2CCN(CCCOc3ccc(Cl)cc3[N+](=O)[O-])CC2)cc(=O)n(C)c1=O. The Labute approximate surface area is 190 Å². The first kappa shape index (κ1) is 24.7. The zero-order chi connectivity index (χ0) is 21.8. The van der Waals surface area contributed by atoms with Crippen molar-refractivity contribution in [1.29, 1.82) is 0 Å². The van der Waals surface area contributed by atoms with Gasteiger partial charge >= 0.3 is 11.4 Å². The van der Waals surface area contributed by atoms with Crippen LogP contribution in [-0.4, -0.2) is 58.3 Å². The quantitative estimate of drug-likeness (QED) is 0.342. The molecule has 2 aromatic rings. The zero-order valence-electron chi connectivity index (χ0n) is 17.3. The van der Waals surface area contributed by atoms with E-state index in [1.54, 1.807) is 13.1 Å². The maximum atomic E-state index is 12.1. The lowest BCUT2D eigenvalue weighted by atomic mass is 10.2. The van der Waals surface area contributed by atoms with E-state index >= 15 is 0 Å². The second-order valence-corrected chi connectivity index (χ2v) is 7.58. The maximum Gasteiger partial charge on any atom is 0.332 e. The molecule has 0 amide bonds. The smallest absolute Gasteiger partial charge is 0.332 e. The van der Waals surface area contributed by atoms with Gasteiger partial charge in [0.15, 0.2) is 5.75 Å². The summed E-state index contributed by atoms with van der Waals surface area (Å²) in [6, 6.07) is 5.84. The van der Waals surface area contributed by atoms with E-state index in [2.05, 4.69) is 4.90 Å². The molecule has 31 heavy (non-hydrogen) atoms. The molecule has 1 aromatic carbocycles. The summed E-state index contributed by atoms with van der Waals surface area (Å²) in [5.74, 6) is 0.835. The van der Waals surface area contributed by atoms with Crippen LogP contribution in [0.5, 0.6) is 5.75 Å². The minimum absolute atomic E-state index is 0. The van der Waals surface area contributed by atoms with E-state index in [-0.39, 0.29) is 35.1 Å². The normalized spacial score (nSPS) is 14.2. The molecule has 1 saturated heterocycles. The molecular formula is C19H25Cl2N5O5. The van der Waals surface area contributed by atoms with Crippen molar-refractivity contribution in [3.8, 4) is 5.75 Å². The lowest BCUT2D eigenvalue weighted by molar-refractivity contribution is -0.385. The largest absolute Gasteiger partial charge is 0.487 e. The third kappa shape index (κ3) is 5.78. The monoisotopic (exact) mass is 473 g/mol. The molecule has 0 radical (unpaired) electrons. The van der Waals surface area contributed by atoms with Gasteiger partial charge in [-0.3, -0.25) is 28.9 Å². The highest BCUT2D eigenvalue weighted by atomic mass is 35.5. The lowest BCUT2D eigenvalue weighted by Gasteiger charge is -2.36. The molecule has 10 nitrogen and oxygen atoms in total. The molecule has 12 heteroatoms. The molecule has 1 aliphatic heterocycles. The van der Waals surface area contributed by atoms with Gasteiger partial charge in [0, 0.05) is 64.0 Å². The topological polar surface area (TPSA) is 103 Å². The number of hydrogen-bond donors (Lipinski definition) is 0. The average molecular weight is 474 g/mol. The highest BCUT2D eigenvalue weighted by Gasteiger charge is 2.20. The fraction of sp³-hybridized carbons (Fsp3) is 0.474. The van der Waals surface area contributed by atoms with Crippen LogP contribution in [0, 0.1) is 10.1 Å². The standard InChI is InChI=1S/C19H24ClN5O5.ClH/c1-21-17(13-18(26)22(2)19(21)27)24-9-7-23(8-10-24)6-3-11-30-16-5-4-14(20)12-15(16)25(28)29;/h4-5,12-13H,3,6-11H2,1-2H3;1H. The molecule has 0 N–H and O–H groups in total. The molecule has 0 unspecified atom stereocenters. The summed E-state index contributed by atoms with van der Waals surface area (Å²) in [7, 11) is 3.13. The van der Waals surface area contributed by atoms with Gasteiger partial charge in [-0.1, -0.05) is 11.6 Å². The molecular weight excluding hydrogens is 449 g/mol. The number of benzene rings is 1. The number of anilines is 1. The Morgan fingerprint density at radius 3 is 2.42 bits per heavy atom. The molecule has 1 aliphatic rings. The van der Waals surface area contributed by atoms with Crippen LogP contribution >= 0.6 is 24.0 Å².